The highest BCUT2D eigenvalue weighted by molar-refractivity contribution is 7.99. The average Bonchev–Trinajstić information content (AvgIpc) is 3.13. The fraction of sp³-hybridized carbons (Fsp3) is 0.143. The van der Waals surface area contributed by atoms with Gasteiger partial charge in [-0.3, -0.25) is 9.59 Å². The zero-order valence-electron chi connectivity index (χ0n) is 16.3. The lowest BCUT2D eigenvalue weighted by Gasteiger charge is -2.09. The third-order valence-electron chi connectivity index (χ3n) is 4.07. The Morgan fingerprint density at radius 2 is 1.94 bits per heavy atom. The van der Waals surface area contributed by atoms with Crippen molar-refractivity contribution in [2.24, 2.45) is 0 Å². The molecule has 0 aliphatic rings. The number of nitrogens with one attached hydrogen (secondary N) is 2. The molecule has 10 heteroatoms. The Kier molecular flexibility index (Phi) is 8.11. The lowest BCUT2D eigenvalue weighted by molar-refractivity contribution is -0.113. The highest BCUT2D eigenvalue weighted by atomic mass is 35.5. The molecule has 0 radical (unpaired) electrons. The second kappa shape index (κ2) is 11.0. The van der Waals surface area contributed by atoms with E-state index >= 15 is 0 Å². The molecule has 0 bridgehead atoms. The number of benzene rings is 2. The Labute approximate surface area is 193 Å². The van der Waals surface area contributed by atoms with E-state index in [1.807, 2.05) is 0 Å². The molecule has 0 atom stereocenters. The number of nitrogens with zero attached hydrogens (tertiary/aromatic N) is 3. The lowest BCUT2D eigenvalue weighted by atomic mass is 10.2. The molecule has 7 nitrogen and oxygen atoms in total. The Balaban J connectivity index is 1.61. The van der Waals surface area contributed by atoms with Gasteiger partial charge in [0.2, 0.25) is 5.91 Å². The Morgan fingerprint density at radius 1 is 1.13 bits per heavy atom. The fourth-order valence-electron chi connectivity index (χ4n) is 2.66. The number of carbonyl (C=O) groups is 2. The van der Waals surface area contributed by atoms with Crippen LogP contribution in [0.5, 0.6) is 0 Å². The van der Waals surface area contributed by atoms with Crippen LogP contribution in [0.4, 0.5) is 5.69 Å². The lowest BCUT2D eigenvalue weighted by Crippen LogP contribution is -2.25. The first kappa shape index (κ1) is 22.9. The summed E-state index contributed by atoms with van der Waals surface area (Å²) in [7, 11) is 0. The number of allylic oxidation sites excluding steroid dienone is 1. The molecule has 2 amide bonds. The summed E-state index contributed by atoms with van der Waals surface area (Å²) in [6.45, 7) is 4.34. The van der Waals surface area contributed by atoms with E-state index in [9.17, 15) is 9.59 Å². The zero-order valence-corrected chi connectivity index (χ0v) is 18.7. The minimum Gasteiger partial charge on any atom is -0.345 e. The highest BCUT2D eigenvalue weighted by Gasteiger charge is 2.16. The highest BCUT2D eigenvalue weighted by Crippen LogP contribution is 2.20. The van der Waals surface area contributed by atoms with Gasteiger partial charge in [0.15, 0.2) is 11.0 Å². The van der Waals surface area contributed by atoms with Crippen LogP contribution in [0.3, 0.4) is 0 Å². The van der Waals surface area contributed by atoms with Gasteiger partial charge in [0.1, 0.15) is 0 Å². The van der Waals surface area contributed by atoms with Gasteiger partial charge in [-0.1, -0.05) is 59.2 Å². The zero-order chi connectivity index (χ0) is 22.2. The number of carbonyl (C=O) groups excluding carboxylic acids is 2. The van der Waals surface area contributed by atoms with Gasteiger partial charge in [-0.15, -0.1) is 16.8 Å². The van der Waals surface area contributed by atoms with Gasteiger partial charge in [-0.2, -0.15) is 0 Å². The molecular weight excluding hydrogens is 457 g/mol. The molecule has 0 unspecified atom stereocenters. The third-order valence-corrected chi connectivity index (χ3v) is 5.60. The van der Waals surface area contributed by atoms with Crippen molar-refractivity contribution < 1.29 is 9.59 Å². The van der Waals surface area contributed by atoms with Crippen molar-refractivity contribution in [2.45, 2.75) is 18.2 Å². The van der Waals surface area contributed by atoms with Crippen LogP contribution in [0.25, 0.3) is 0 Å². The molecule has 0 aliphatic carbocycles. The second-order valence-corrected chi connectivity index (χ2v) is 8.09. The maximum atomic E-state index is 12.4. The quantitative estimate of drug-likeness (QED) is 0.352. The summed E-state index contributed by atoms with van der Waals surface area (Å²) in [6.07, 6.45) is 1.69. The van der Waals surface area contributed by atoms with Crippen LogP contribution in [0.2, 0.25) is 10.0 Å². The van der Waals surface area contributed by atoms with Crippen LogP contribution in [0.15, 0.2) is 66.3 Å². The third kappa shape index (κ3) is 6.33. The van der Waals surface area contributed by atoms with E-state index in [1.165, 1.54) is 11.8 Å². The summed E-state index contributed by atoms with van der Waals surface area (Å²) in [5.74, 6) is 0.161. The molecule has 3 aromatic rings. The molecule has 2 aromatic carbocycles. The minimum absolute atomic E-state index is 0.133. The van der Waals surface area contributed by atoms with Crippen molar-refractivity contribution >= 4 is 52.5 Å². The Hall–Kier alpha value is -2.81. The van der Waals surface area contributed by atoms with Crippen LogP contribution in [0.1, 0.15) is 16.2 Å². The maximum Gasteiger partial charge on any atom is 0.253 e. The van der Waals surface area contributed by atoms with E-state index in [1.54, 1.807) is 59.2 Å². The summed E-state index contributed by atoms with van der Waals surface area (Å²) in [4.78, 5) is 24.6. The van der Waals surface area contributed by atoms with E-state index in [0.29, 0.717) is 38.8 Å². The SMILES string of the molecule is C=CCn1c(CNC(=O)c2ccccc2Cl)nnc1SCC(=O)Nc1cccc(Cl)c1. The van der Waals surface area contributed by atoms with Crippen molar-refractivity contribution in [3.63, 3.8) is 0 Å². The fourth-order valence-corrected chi connectivity index (χ4v) is 3.84. The summed E-state index contributed by atoms with van der Waals surface area (Å²) >= 11 is 13.2. The number of amides is 2. The molecule has 0 saturated heterocycles. The van der Waals surface area contributed by atoms with E-state index in [2.05, 4.69) is 27.4 Å². The number of aromatic nitrogens is 3. The molecule has 0 aliphatic heterocycles. The van der Waals surface area contributed by atoms with Gasteiger partial charge in [-0.25, -0.2) is 0 Å². The van der Waals surface area contributed by atoms with Crippen molar-refractivity contribution in [1.82, 2.24) is 20.1 Å². The van der Waals surface area contributed by atoms with Gasteiger partial charge < -0.3 is 15.2 Å². The number of halogens is 2. The standard InChI is InChI=1S/C21H19Cl2N5O2S/c1-2-10-28-18(12-24-20(30)16-8-3-4-9-17(16)23)26-27-21(28)31-13-19(29)25-15-7-5-6-14(22)11-15/h2-9,11H,1,10,12-13H2,(H,24,30)(H,25,29). The molecule has 0 spiro atoms. The minimum atomic E-state index is -0.311. The van der Waals surface area contributed by atoms with Crippen molar-refractivity contribution in [1.29, 1.82) is 0 Å². The first-order chi connectivity index (χ1) is 15.0. The molecule has 31 heavy (non-hydrogen) atoms. The maximum absolute atomic E-state index is 12.4. The van der Waals surface area contributed by atoms with Gasteiger partial charge in [0.25, 0.3) is 5.91 Å². The van der Waals surface area contributed by atoms with E-state index in [0.717, 1.165) is 0 Å². The number of hydrogen-bond donors (Lipinski definition) is 2. The van der Waals surface area contributed by atoms with E-state index in [4.69, 9.17) is 23.2 Å². The monoisotopic (exact) mass is 475 g/mol. The molecule has 0 saturated carbocycles. The second-order valence-electron chi connectivity index (χ2n) is 6.31. The smallest absolute Gasteiger partial charge is 0.253 e. The van der Waals surface area contributed by atoms with Crippen LogP contribution >= 0.6 is 35.0 Å². The largest absolute Gasteiger partial charge is 0.345 e. The van der Waals surface area contributed by atoms with Crippen LogP contribution in [-0.4, -0.2) is 32.3 Å². The number of hydrogen-bond acceptors (Lipinski definition) is 5. The summed E-state index contributed by atoms with van der Waals surface area (Å²) in [6, 6.07) is 13.7. The van der Waals surface area contributed by atoms with Gasteiger partial charge in [-0.05, 0) is 30.3 Å². The topological polar surface area (TPSA) is 88.9 Å². The average molecular weight is 476 g/mol. The molecule has 2 N–H and O–H groups in total. The number of thioether (sulfide) groups is 1. The first-order valence-corrected chi connectivity index (χ1v) is 11.0. The molecule has 0 fully saturated rings. The van der Waals surface area contributed by atoms with Gasteiger partial charge in [0.05, 0.1) is 22.9 Å². The van der Waals surface area contributed by atoms with Crippen LogP contribution < -0.4 is 10.6 Å². The predicted molar refractivity (Wildman–Crippen MR) is 124 cm³/mol. The van der Waals surface area contributed by atoms with Crippen LogP contribution in [0, 0.1) is 0 Å². The van der Waals surface area contributed by atoms with Crippen LogP contribution in [-0.2, 0) is 17.9 Å². The molecule has 160 valence electrons. The van der Waals surface area contributed by atoms with Gasteiger partial charge >= 0.3 is 0 Å². The molecule has 3 rings (SSSR count). The predicted octanol–water partition coefficient (Wildman–Crippen LogP) is 4.43. The molecular formula is C21H19Cl2N5O2S. The van der Waals surface area contributed by atoms with Crippen molar-refractivity contribution in [3.8, 4) is 0 Å². The summed E-state index contributed by atoms with van der Waals surface area (Å²) in [5, 5.41) is 15.3. The van der Waals surface area contributed by atoms with Gasteiger partial charge in [0, 0.05) is 17.3 Å². The summed E-state index contributed by atoms with van der Waals surface area (Å²) < 4.78 is 1.79. The molecule has 1 heterocycles. The Bertz CT molecular complexity index is 1100. The Morgan fingerprint density at radius 3 is 2.68 bits per heavy atom. The van der Waals surface area contributed by atoms with E-state index in [-0.39, 0.29) is 24.1 Å². The van der Waals surface area contributed by atoms with E-state index < -0.39 is 0 Å². The van der Waals surface area contributed by atoms with Crippen molar-refractivity contribution in [2.75, 3.05) is 11.1 Å². The first-order valence-electron chi connectivity index (χ1n) is 9.22. The normalized spacial score (nSPS) is 10.5. The number of anilines is 1. The van der Waals surface area contributed by atoms with Crippen molar-refractivity contribution in [3.05, 3.63) is 82.6 Å². The summed E-state index contributed by atoms with van der Waals surface area (Å²) in [5.41, 5.74) is 1.000. The molecule has 1 aromatic heterocycles. The number of rotatable bonds is 9.